The lowest BCUT2D eigenvalue weighted by molar-refractivity contribution is 0.0617. The van der Waals surface area contributed by atoms with Crippen LogP contribution in [0.3, 0.4) is 0 Å². The van der Waals surface area contributed by atoms with Gasteiger partial charge in [-0.05, 0) is 68.5 Å². The number of rotatable bonds is 8. The molecule has 33 heavy (non-hydrogen) atoms. The zero-order chi connectivity index (χ0) is 23.2. The molecule has 1 aliphatic rings. The number of ether oxygens (including phenoxy) is 1. The first-order valence-electron chi connectivity index (χ1n) is 11.5. The highest BCUT2D eigenvalue weighted by atomic mass is 16.5. The largest absolute Gasteiger partial charge is 0.481 e. The van der Waals surface area contributed by atoms with Crippen LogP contribution in [-0.4, -0.2) is 46.0 Å². The minimum Gasteiger partial charge on any atom is -0.481 e. The number of terminal acetylenes is 1. The maximum Gasteiger partial charge on any atom is 0.289 e. The number of fused-ring (bicyclic) bond motifs is 1. The van der Waals surface area contributed by atoms with Crippen molar-refractivity contribution in [1.29, 1.82) is 0 Å². The Labute approximate surface area is 194 Å². The summed E-state index contributed by atoms with van der Waals surface area (Å²) < 4.78 is 5.52. The van der Waals surface area contributed by atoms with Gasteiger partial charge < -0.3 is 25.7 Å². The van der Waals surface area contributed by atoms with Gasteiger partial charge in [-0.15, -0.1) is 6.42 Å². The first-order valence-corrected chi connectivity index (χ1v) is 11.5. The first kappa shape index (κ1) is 22.7. The smallest absolute Gasteiger partial charge is 0.289 e. The van der Waals surface area contributed by atoms with Gasteiger partial charge in [0.1, 0.15) is 12.4 Å². The fourth-order valence-electron chi connectivity index (χ4n) is 4.59. The quantitative estimate of drug-likeness (QED) is 0.363. The number of nitrogen functional groups attached to an aromatic ring is 1. The van der Waals surface area contributed by atoms with E-state index in [2.05, 4.69) is 27.3 Å². The topological polar surface area (TPSA) is 96.3 Å². The molecule has 172 valence electrons. The molecule has 1 saturated carbocycles. The van der Waals surface area contributed by atoms with Gasteiger partial charge in [0.2, 0.25) is 0 Å². The Bertz CT molecular complexity index is 1150. The predicted octanol–water partition coefficient (Wildman–Crippen LogP) is 3.72. The third kappa shape index (κ3) is 5.47. The number of anilines is 1. The van der Waals surface area contributed by atoms with Gasteiger partial charge in [0.05, 0.1) is 11.0 Å². The van der Waals surface area contributed by atoms with E-state index >= 15 is 0 Å². The number of H-pyrrole nitrogens is 1. The van der Waals surface area contributed by atoms with Crippen LogP contribution in [0.25, 0.3) is 11.0 Å². The Balaban J connectivity index is 1.39. The number of carbonyl (C=O) groups is 1. The number of imidazole rings is 1. The maximum absolute atomic E-state index is 13.3. The minimum atomic E-state index is -0.0590. The van der Waals surface area contributed by atoms with Crippen LogP contribution in [0.2, 0.25) is 0 Å². The molecule has 0 bridgehead atoms. The summed E-state index contributed by atoms with van der Waals surface area (Å²) in [4.78, 5) is 22.9. The molecule has 1 fully saturated rings. The molecule has 0 spiro atoms. The molecule has 1 aromatic heterocycles. The average Bonchev–Trinajstić information content (AvgIpc) is 3.26. The summed E-state index contributed by atoms with van der Waals surface area (Å²) in [5, 5.41) is 3.67. The summed E-state index contributed by atoms with van der Waals surface area (Å²) in [5.41, 5.74) is 9.17. The monoisotopic (exact) mass is 445 g/mol. The van der Waals surface area contributed by atoms with Crippen molar-refractivity contribution >= 4 is 22.6 Å². The molecule has 7 nitrogen and oxygen atoms in total. The van der Waals surface area contributed by atoms with Crippen LogP contribution in [0.5, 0.6) is 5.75 Å². The zero-order valence-electron chi connectivity index (χ0n) is 19.0. The number of aromatic nitrogens is 2. The third-order valence-electron chi connectivity index (χ3n) is 6.21. The molecule has 7 heteroatoms. The van der Waals surface area contributed by atoms with Crippen LogP contribution >= 0.6 is 0 Å². The van der Waals surface area contributed by atoms with E-state index in [1.54, 1.807) is 12.1 Å². The number of amides is 1. The SMILES string of the molecule is C#CCOc1cccc(CNC2CCCC(N(CC)C(=O)c3nc4cc(N)ccc4[nH]3)C2)c1. The molecule has 0 aliphatic heterocycles. The molecule has 3 aromatic rings. The number of benzene rings is 2. The van der Waals surface area contributed by atoms with Crippen molar-refractivity contribution in [2.75, 3.05) is 18.9 Å². The van der Waals surface area contributed by atoms with Gasteiger partial charge >= 0.3 is 0 Å². The molecular weight excluding hydrogens is 414 g/mol. The molecule has 0 radical (unpaired) electrons. The van der Waals surface area contributed by atoms with E-state index in [0.29, 0.717) is 29.6 Å². The number of hydrogen-bond acceptors (Lipinski definition) is 5. The second-order valence-corrected chi connectivity index (χ2v) is 8.49. The summed E-state index contributed by atoms with van der Waals surface area (Å²) in [6, 6.07) is 13.9. The van der Waals surface area contributed by atoms with Gasteiger partial charge in [0.25, 0.3) is 5.91 Å². The number of carbonyl (C=O) groups excluding carboxylic acids is 1. The second-order valence-electron chi connectivity index (χ2n) is 8.49. The van der Waals surface area contributed by atoms with Crippen molar-refractivity contribution in [3.05, 3.63) is 53.9 Å². The standard InChI is InChI=1S/C26H31N5O2/c1-3-13-33-22-10-5-7-18(14-22)17-28-20-8-6-9-21(16-20)31(4-2)26(32)25-29-23-12-11-19(27)15-24(23)30-25/h1,5,7,10-12,14-15,20-21,28H,4,6,8-9,13,16-17,27H2,2H3,(H,29,30). The summed E-state index contributed by atoms with van der Waals surface area (Å²) >= 11 is 0. The van der Waals surface area contributed by atoms with E-state index in [4.69, 9.17) is 16.9 Å². The minimum absolute atomic E-state index is 0.0590. The Morgan fingerprint density at radius 1 is 1.33 bits per heavy atom. The first-order chi connectivity index (χ1) is 16.1. The maximum atomic E-state index is 13.3. The molecular formula is C26H31N5O2. The highest BCUT2D eigenvalue weighted by molar-refractivity contribution is 5.94. The van der Waals surface area contributed by atoms with Gasteiger partial charge in [0, 0.05) is 30.9 Å². The van der Waals surface area contributed by atoms with E-state index < -0.39 is 0 Å². The van der Waals surface area contributed by atoms with Crippen LogP contribution in [0, 0.1) is 12.3 Å². The Kier molecular flexibility index (Phi) is 7.16. The van der Waals surface area contributed by atoms with E-state index in [1.165, 1.54) is 0 Å². The number of hydrogen-bond donors (Lipinski definition) is 3. The molecule has 2 aromatic carbocycles. The van der Waals surface area contributed by atoms with Crippen molar-refractivity contribution in [1.82, 2.24) is 20.2 Å². The zero-order valence-corrected chi connectivity index (χ0v) is 19.0. The number of nitrogens with two attached hydrogens (primary N) is 1. The average molecular weight is 446 g/mol. The van der Waals surface area contributed by atoms with Crippen LogP contribution in [0.15, 0.2) is 42.5 Å². The number of aromatic amines is 1. The third-order valence-corrected chi connectivity index (χ3v) is 6.21. The van der Waals surface area contributed by atoms with E-state index in [0.717, 1.165) is 49.1 Å². The second kappa shape index (κ2) is 10.4. The molecule has 4 N–H and O–H groups in total. The number of nitrogens with zero attached hydrogens (tertiary/aromatic N) is 2. The van der Waals surface area contributed by atoms with Gasteiger partial charge in [-0.25, -0.2) is 4.98 Å². The van der Waals surface area contributed by atoms with E-state index in [-0.39, 0.29) is 18.6 Å². The molecule has 1 heterocycles. The lowest BCUT2D eigenvalue weighted by atomic mass is 9.89. The predicted molar refractivity (Wildman–Crippen MR) is 131 cm³/mol. The highest BCUT2D eigenvalue weighted by Crippen LogP contribution is 2.25. The van der Waals surface area contributed by atoms with Crippen molar-refractivity contribution in [3.63, 3.8) is 0 Å². The van der Waals surface area contributed by atoms with Gasteiger partial charge in [-0.3, -0.25) is 4.79 Å². The molecule has 2 atom stereocenters. The van der Waals surface area contributed by atoms with Crippen LogP contribution in [0.4, 0.5) is 5.69 Å². The van der Waals surface area contributed by atoms with E-state index in [1.807, 2.05) is 36.1 Å². The van der Waals surface area contributed by atoms with Gasteiger partial charge in [-0.1, -0.05) is 18.1 Å². The lowest BCUT2D eigenvalue weighted by Gasteiger charge is -2.37. The summed E-state index contributed by atoms with van der Waals surface area (Å²) in [6.07, 6.45) is 9.37. The van der Waals surface area contributed by atoms with Crippen LogP contribution in [-0.2, 0) is 6.54 Å². The normalized spacial score (nSPS) is 18.1. The van der Waals surface area contributed by atoms with E-state index in [9.17, 15) is 4.79 Å². The highest BCUT2D eigenvalue weighted by Gasteiger charge is 2.30. The number of nitrogens with one attached hydrogen (secondary N) is 2. The van der Waals surface area contributed by atoms with Crippen molar-refractivity contribution in [2.24, 2.45) is 0 Å². The molecule has 0 saturated heterocycles. The van der Waals surface area contributed by atoms with Crippen molar-refractivity contribution < 1.29 is 9.53 Å². The van der Waals surface area contributed by atoms with Crippen LogP contribution in [0.1, 0.15) is 48.8 Å². The summed E-state index contributed by atoms with van der Waals surface area (Å²) in [6.45, 7) is 3.68. The summed E-state index contributed by atoms with van der Waals surface area (Å²) in [5.74, 6) is 3.58. The Hall–Kier alpha value is -3.50. The fraction of sp³-hybridized carbons (Fsp3) is 0.385. The van der Waals surface area contributed by atoms with Gasteiger partial charge in [-0.2, -0.15) is 0 Å². The molecule has 1 aliphatic carbocycles. The lowest BCUT2D eigenvalue weighted by Crippen LogP contribution is -2.47. The molecule has 4 rings (SSSR count). The summed E-state index contributed by atoms with van der Waals surface area (Å²) in [7, 11) is 0. The van der Waals surface area contributed by atoms with Crippen LogP contribution < -0.4 is 15.8 Å². The van der Waals surface area contributed by atoms with Crippen molar-refractivity contribution in [2.45, 2.75) is 51.2 Å². The Morgan fingerprint density at radius 3 is 3.03 bits per heavy atom. The molecule has 2 unspecified atom stereocenters. The van der Waals surface area contributed by atoms with Crippen molar-refractivity contribution in [3.8, 4) is 18.1 Å². The fourth-order valence-corrected chi connectivity index (χ4v) is 4.59. The van der Waals surface area contributed by atoms with Gasteiger partial charge in [0.15, 0.2) is 5.82 Å². The molecule has 1 amide bonds. The Morgan fingerprint density at radius 2 is 2.21 bits per heavy atom.